The molecule has 0 spiro atoms. The van der Waals surface area contributed by atoms with Gasteiger partial charge in [0.15, 0.2) is 0 Å². The maximum Gasteiger partial charge on any atom is 0.132 e. The van der Waals surface area contributed by atoms with E-state index in [1.807, 2.05) is 24.4 Å². The van der Waals surface area contributed by atoms with E-state index in [1.165, 1.54) is 5.56 Å². The van der Waals surface area contributed by atoms with Crippen LogP contribution < -0.4 is 0 Å². The molecule has 2 aromatic heterocycles. The molecular formula is C14H11BrN2. The fraction of sp³-hybridized carbons (Fsp3) is 0.0714. The molecule has 0 saturated carbocycles. The summed E-state index contributed by atoms with van der Waals surface area (Å²) in [5.74, 6) is 1.05. The molecule has 0 saturated heterocycles. The van der Waals surface area contributed by atoms with Crippen molar-refractivity contribution in [3.8, 4) is 0 Å². The van der Waals surface area contributed by atoms with Gasteiger partial charge in [0, 0.05) is 12.6 Å². The van der Waals surface area contributed by atoms with Crippen LogP contribution in [0.1, 0.15) is 11.4 Å². The molecule has 0 bridgehead atoms. The Morgan fingerprint density at radius 2 is 1.76 bits per heavy atom. The van der Waals surface area contributed by atoms with Gasteiger partial charge in [-0.05, 0) is 33.6 Å². The lowest BCUT2D eigenvalue weighted by Gasteiger charge is -2.00. The Balaban J connectivity index is 2.07. The second-order valence-electron chi connectivity index (χ2n) is 3.94. The highest BCUT2D eigenvalue weighted by Crippen LogP contribution is 2.20. The number of rotatable bonds is 2. The molecule has 0 aliphatic rings. The average Bonchev–Trinajstić information content (AvgIpc) is 2.69. The van der Waals surface area contributed by atoms with Crippen molar-refractivity contribution >= 4 is 21.4 Å². The molecule has 2 heterocycles. The molecule has 0 N–H and O–H groups in total. The van der Waals surface area contributed by atoms with Crippen molar-refractivity contribution in [2.45, 2.75) is 6.42 Å². The number of pyridine rings is 1. The summed E-state index contributed by atoms with van der Waals surface area (Å²) >= 11 is 3.50. The third kappa shape index (κ3) is 1.98. The van der Waals surface area contributed by atoms with E-state index in [9.17, 15) is 0 Å². The molecule has 1 aromatic carbocycles. The van der Waals surface area contributed by atoms with E-state index in [0.29, 0.717) is 0 Å². The SMILES string of the molecule is Brc1nc(Cc2ccccc2)n2ccccc12. The Labute approximate surface area is 108 Å². The van der Waals surface area contributed by atoms with Gasteiger partial charge in [0.1, 0.15) is 10.4 Å². The predicted octanol–water partition coefficient (Wildman–Crippen LogP) is 3.69. The summed E-state index contributed by atoms with van der Waals surface area (Å²) in [6.45, 7) is 0. The monoisotopic (exact) mass is 286 g/mol. The second-order valence-corrected chi connectivity index (χ2v) is 4.69. The Morgan fingerprint density at radius 1 is 1.00 bits per heavy atom. The molecule has 84 valence electrons. The van der Waals surface area contributed by atoms with Gasteiger partial charge in [0.05, 0.1) is 5.52 Å². The summed E-state index contributed by atoms with van der Waals surface area (Å²) in [4.78, 5) is 4.56. The van der Waals surface area contributed by atoms with Crippen LogP contribution in [0.5, 0.6) is 0 Å². The zero-order valence-electron chi connectivity index (χ0n) is 9.18. The van der Waals surface area contributed by atoms with E-state index < -0.39 is 0 Å². The summed E-state index contributed by atoms with van der Waals surface area (Å²) in [5, 5.41) is 0. The van der Waals surface area contributed by atoms with Crippen molar-refractivity contribution in [2.24, 2.45) is 0 Å². The average molecular weight is 287 g/mol. The zero-order valence-corrected chi connectivity index (χ0v) is 10.8. The molecule has 0 radical (unpaired) electrons. The van der Waals surface area contributed by atoms with Crippen molar-refractivity contribution in [3.63, 3.8) is 0 Å². The molecule has 0 aliphatic carbocycles. The molecule has 3 rings (SSSR count). The maximum absolute atomic E-state index is 4.56. The van der Waals surface area contributed by atoms with Crippen LogP contribution in [0.25, 0.3) is 5.52 Å². The number of halogens is 1. The maximum atomic E-state index is 4.56. The molecule has 2 nitrogen and oxygen atoms in total. The molecule has 0 unspecified atom stereocenters. The fourth-order valence-electron chi connectivity index (χ4n) is 1.96. The highest BCUT2D eigenvalue weighted by molar-refractivity contribution is 9.10. The van der Waals surface area contributed by atoms with Gasteiger partial charge in [0.2, 0.25) is 0 Å². The van der Waals surface area contributed by atoms with Crippen LogP contribution >= 0.6 is 15.9 Å². The van der Waals surface area contributed by atoms with Crippen LogP contribution in [0.15, 0.2) is 59.3 Å². The minimum atomic E-state index is 0.845. The minimum absolute atomic E-state index is 0.845. The number of fused-ring (bicyclic) bond motifs is 1. The van der Waals surface area contributed by atoms with E-state index in [4.69, 9.17) is 0 Å². The van der Waals surface area contributed by atoms with E-state index in [2.05, 4.69) is 55.6 Å². The van der Waals surface area contributed by atoms with E-state index in [1.54, 1.807) is 0 Å². The van der Waals surface area contributed by atoms with Crippen LogP contribution in [-0.4, -0.2) is 9.38 Å². The minimum Gasteiger partial charge on any atom is -0.302 e. The molecule has 0 atom stereocenters. The first-order valence-electron chi connectivity index (χ1n) is 5.50. The number of hydrogen-bond acceptors (Lipinski definition) is 1. The smallest absolute Gasteiger partial charge is 0.132 e. The first kappa shape index (κ1) is 10.5. The summed E-state index contributed by atoms with van der Waals surface area (Å²) in [7, 11) is 0. The normalized spacial score (nSPS) is 10.9. The first-order chi connectivity index (χ1) is 8.34. The zero-order chi connectivity index (χ0) is 11.7. The van der Waals surface area contributed by atoms with Gasteiger partial charge in [0.25, 0.3) is 0 Å². The predicted molar refractivity (Wildman–Crippen MR) is 72.1 cm³/mol. The lowest BCUT2D eigenvalue weighted by atomic mass is 10.1. The Morgan fingerprint density at radius 3 is 2.59 bits per heavy atom. The highest BCUT2D eigenvalue weighted by Gasteiger charge is 2.08. The van der Waals surface area contributed by atoms with Gasteiger partial charge in [-0.2, -0.15) is 0 Å². The van der Waals surface area contributed by atoms with Gasteiger partial charge in [-0.3, -0.25) is 0 Å². The van der Waals surface area contributed by atoms with E-state index in [0.717, 1.165) is 22.4 Å². The number of benzene rings is 1. The molecule has 0 fully saturated rings. The van der Waals surface area contributed by atoms with Crippen LogP contribution in [-0.2, 0) is 6.42 Å². The fourth-order valence-corrected chi connectivity index (χ4v) is 2.49. The summed E-state index contributed by atoms with van der Waals surface area (Å²) in [6.07, 6.45) is 2.89. The Bertz CT molecular complexity index is 644. The third-order valence-electron chi connectivity index (χ3n) is 2.78. The standard InChI is InChI=1S/C14H11BrN2/c15-14-12-8-4-5-9-17(12)13(16-14)10-11-6-2-1-3-7-11/h1-9H,10H2. The highest BCUT2D eigenvalue weighted by atomic mass is 79.9. The number of hydrogen-bond donors (Lipinski definition) is 0. The number of imidazole rings is 1. The van der Waals surface area contributed by atoms with Crippen LogP contribution in [0, 0.1) is 0 Å². The first-order valence-corrected chi connectivity index (χ1v) is 6.29. The van der Waals surface area contributed by atoms with Crippen molar-refractivity contribution < 1.29 is 0 Å². The molecular weight excluding hydrogens is 276 g/mol. The number of nitrogens with zero attached hydrogens (tertiary/aromatic N) is 2. The van der Waals surface area contributed by atoms with Crippen LogP contribution in [0.2, 0.25) is 0 Å². The molecule has 3 aromatic rings. The largest absolute Gasteiger partial charge is 0.302 e. The summed E-state index contributed by atoms with van der Waals surface area (Å²) < 4.78 is 3.03. The molecule has 0 aliphatic heterocycles. The van der Waals surface area contributed by atoms with Crippen molar-refractivity contribution in [3.05, 3.63) is 70.7 Å². The number of aromatic nitrogens is 2. The summed E-state index contributed by atoms with van der Waals surface area (Å²) in [5.41, 5.74) is 2.38. The Kier molecular flexibility index (Phi) is 2.69. The summed E-state index contributed by atoms with van der Waals surface area (Å²) in [6, 6.07) is 16.5. The van der Waals surface area contributed by atoms with Crippen molar-refractivity contribution in [1.29, 1.82) is 0 Å². The van der Waals surface area contributed by atoms with Gasteiger partial charge < -0.3 is 4.40 Å². The van der Waals surface area contributed by atoms with Crippen molar-refractivity contribution in [2.75, 3.05) is 0 Å². The molecule has 0 amide bonds. The topological polar surface area (TPSA) is 17.3 Å². The lowest BCUT2D eigenvalue weighted by molar-refractivity contribution is 0.959. The lowest BCUT2D eigenvalue weighted by Crippen LogP contribution is -1.95. The quantitative estimate of drug-likeness (QED) is 0.702. The van der Waals surface area contributed by atoms with Gasteiger partial charge >= 0.3 is 0 Å². The molecule has 3 heteroatoms. The van der Waals surface area contributed by atoms with Crippen LogP contribution in [0.4, 0.5) is 0 Å². The van der Waals surface area contributed by atoms with Gasteiger partial charge in [-0.25, -0.2) is 4.98 Å². The van der Waals surface area contributed by atoms with Crippen molar-refractivity contribution in [1.82, 2.24) is 9.38 Å². The van der Waals surface area contributed by atoms with Crippen LogP contribution in [0.3, 0.4) is 0 Å². The van der Waals surface area contributed by atoms with Gasteiger partial charge in [-0.1, -0.05) is 36.4 Å². The molecule has 17 heavy (non-hydrogen) atoms. The Hall–Kier alpha value is -1.61. The van der Waals surface area contributed by atoms with E-state index in [-0.39, 0.29) is 0 Å². The van der Waals surface area contributed by atoms with E-state index >= 15 is 0 Å². The third-order valence-corrected chi connectivity index (χ3v) is 3.37. The van der Waals surface area contributed by atoms with Gasteiger partial charge in [-0.15, -0.1) is 0 Å². The second kappa shape index (κ2) is 4.34.